The summed E-state index contributed by atoms with van der Waals surface area (Å²) < 4.78 is 4.90. The Morgan fingerprint density at radius 1 is 0.312 bits per heavy atom. The molecular weight excluding hydrogens is 777 g/mol. The average molecular weight is 819 g/mol. The first-order valence-electron chi connectivity index (χ1n) is 21.9. The van der Waals surface area contributed by atoms with E-state index >= 15 is 0 Å². The van der Waals surface area contributed by atoms with E-state index in [2.05, 4.69) is 229 Å². The largest absolute Gasteiger partial charge is 0.309 e. The molecule has 0 saturated heterocycles. The van der Waals surface area contributed by atoms with Gasteiger partial charge in [0.05, 0.1) is 44.8 Å². The van der Waals surface area contributed by atoms with Crippen LogP contribution in [0, 0.1) is 13.8 Å². The highest BCUT2D eigenvalue weighted by Crippen LogP contribution is 2.45. The monoisotopic (exact) mass is 818 g/mol. The lowest BCUT2D eigenvalue weighted by atomic mass is 9.93. The maximum Gasteiger partial charge on any atom is 0.160 e. The lowest BCUT2D eigenvalue weighted by Gasteiger charge is -2.22. The van der Waals surface area contributed by atoms with Crippen LogP contribution in [0.15, 0.2) is 218 Å². The van der Waals surface area contributed by atoms with Crippen LogP contribution in [0.4, 0.5) is 0 Å². The van der Waals surface area contributed by atoms with Crippen molar-refractivity contribution in [2.75, 3.05) is 0 Å². The smallest absolute Gasteiger partial charge is 0.160 e. The van der Waals surface area contributed by atoms with Crippen LogP contribution in [0.25, 0.3) is 111 Å². The van der Waals surface area contributed by atoms with E-state index in [4.69, 9.17) is 9.97 Å². The zero-order valence-corrected chi connectivity index (χ0v) is 35.6. The van der Waals surface area contributed by atoms with E-state index in [-0.39, 0.29) is 0 Å². The van der Waals surface area contributed by atoms with Crippen LogP contribution < -0.4 is 0 Å². The number of aryl methyl sites for hydroxylation is 2. The van der Waals surface area contributed by atoms with E-state index < -0.39 is 0 Å². The van der Waals surface area contributed by atoms with Crippen LogP contribution in [0.3, 0.4) is 0 Å². The molecular formula is C60H42N4. The Bertz CT molecular complexity index is 3610. The Hall–Kier alpha value is -8.34. The van der Waals surface area contributed by atoms with Crippen molar-refractivity contribution in [2.45, 2.75) is 13.8 Å². The Morgan fingerprint density at radius 2 is 0.812 bits per heavy atom. The van der Waals surface area contributed by atoms with E-state index in [0.717, 1.165) is 72.6 Å². The molecule has 0 spiro atoms. The van der Waals surface area contributed by atoms with Gasteiger partial charge in [0.25, 0.3) is 0 Å². The number of benzene rings is 9. The Morgan fingerprint density at radius 3 is 1.48 bits per heavy atom. The van der Waals surface area contributed by atoms with Crippen molar-refractivity contribution >= 4 is 43.6 Å². The first kappa shape index (κ1) is 37.4. The molecule has 0 atom stereocenters. The number of fused-ring (bicyclic) bond motifs is 6. The number of hydrogen-bond donors (Lipinski definition) is 0. The maximum absolute atomic E-state index is 5.46. The molecule has 64 heavy (non-hydrogen) atoms. The predicted molar refractivity (Wildman–Crippen MR) is 267 cm³/mol. The van der Waals surface area contributed by atoms with E-state index in [0.29, 0.717) is 5.82 Å². The van der Waals surface area contributed by atoms with Crippen LogP contribution in [-0.4, -0.2) is 19.1 Å². The van der Waals surface area contributed by atoms with Gasteiger partial charge >= 0.3 is 0 Å². The molecule has 0 N–H and O–H groups in total. The highest BCUT2D eigenvalue weighted by atomic mass is 15.0. The molecule has 4 nitrogen and oxygen atoms in total. The summed E-state index contributed by atoms with van der Waals surface area (Å²) in [6, 6.07) is 78.6. The summed E-state index contributed by atoms with van der Waals surface area (Å²) in [6.45, 7) is 4.35. The van der Waals surface area contributed by atoms with Crippen molar-refractivity contribution in [1.29, 1.82) is 0 Å². The first-order valence-corrected chi connectivity index (χ1v) is 21.9. The van der Waals surface area contributed by atoms with Gasteiger partial charge in [-0.2, -0.15) is 0 Å². The maximum atomic E-state index is 5.46. The van der Waals surface area contributed by atoms with Crippen molar-refractivity contribution in [1.82, 2.24) is 19.1 Å². The zero-order valence-electron chi connectivity index (χ0n) is 35.6. The number of nitrogens with zero attached hydrogens (tertiary/aromatic N) is 4. The molecule has 9 aromatic carbocycles. The van der Waals surface area contributed by atoms with Crippen molar-refractivity contribution in [2.24, 2.45) is 0 Å². The Labute approximate surface area is 372 Å². The van der Waals surface area contributed by atoms with Gasteiger partial charge in [0, 0.05) is 49.4 Å². The molecule has 0 bridgehead atoms. The fourth-order valence-electron chi connectivity index (χ4n) is 9.90. The standard InChI is InChI=1S/C60H42N4/c1-39-34-40(2)36-44(35-39)43-32-33-57-50(37-43)47-24-11-15-29-55(47)64(57)58-31-17-26-48(52-38-51(41-18-5-3-6-19-41)61-60(62-52)42-20-7-4-8-21-42)59(58)49-25-12-16-30-56(49)63-53-27-13-9-22-45(53)46-23-10-14-28-54(46)63/h3-38H,1-2H3. The highest BCUT2D eigenvalue weighted by molar-refractivity contribution is 6.13. The summed E-state index contributed by atoms with van der Waals surface area (Å²) in [6.07, 6.45) is 0. The topological polar surface area (TPSA) is 35.6 Å². The molecule has 3 aromatic heterocycles. The number of para-hydroxylation sites is 4. The van der Waals surface area contributed by atoms with Gasteiger partial charge in [-0.1, -0.05) is 181 Å². The summed E-state index contributed by atoms with van der Waals surface area (Å²) in [5.74, 6) is 0.680. The third-order valence-corrected chi connectivity index (χ3v) is 12.6. The van der Waals surface area contributed by atoms with E-state index in [1.807, 2.05) is 12.1 Å². The molecule has 0 aliphatic heterocycles. The van der Waals surface area contributed by atoms with Gasteiger partial charge in [0.2, 0.25) is 0 Å². The fraction of sp³-hybridized carbons (Fsp3) is 0.0333. The minimum Gasteiger partial charge on any atom is -0.309 e. The highest BCUT2D eigenvalue weighted by Gasteiger charge is 2.24. The van der Waals surface area contributed by atoms with Gasteiger partial charge in [0.1, 0.15) is 0 Å². The van der Waals surface area contributed by atoms with E-state index in [1.54, 1.807) is 0 Å². The molecule has 0 amide bonds. The number of aromatic nitrogens is 4. The molecule has 12 aromatic rings. The van der Waals surface area contributed by atoms with E-state index in [9.17, 15) is 0 Å². The minimum atomic E-state index is 0.680. The van der Waals surface area contributed by atoms with Gasteiger partial charge in [0.15, 0.2) is 5.82 Å². The molecule has 4 heteroatoms. The molecule has 12 rings (SSSR count). The summed E-state index contributed by atoms with van der Waals surface area (Å²) in [5, 5.41) is 4.85. The van der Waals surface area contributed by atoms with Crippen molar-refractivity contribution in [3.8, 4) is 67.5 Å². The lowest BCUT2D eigenvalue weighted by Crippen LogP contribution is -2.04. The summed E-state index contributed by atoms with van der Waals surface area (Å²) in [5.41, 5.74) is 18.6. The molecule has 3 heterocycles. The van der Waals surface area contributed by atoms with Crippen LogP contribution in [0.5, 0.6) is 0 Å². The summed E-state index contributed by atoms with van der Waals surface area (Å²) in [7, 11) is 0. The average Bonchev–Trinajstić information content (AvgIpc) is 3.86. The molecule has 0 aliphatic rings. The Balaban J connectivity index is 1.20. The molecule has 0 fully saturated rings. The number of hydrogen-bond acceptors (Lipinski definition) is 2. The second-order valence-electron chi connectivity index (χ2n) is 16.7. The van der Waals surface area contributed by atoms with Crippen molar-refractivity contribution < 1.29 is 0 Å². The SMILES string of the molecule is Cc1cc(C)cc(-c2ccc3c(c2)c2ccccc2n3-c2cccc(-c3cc(-c4ccccc4)nc(-c4ccccc4)n3)c2-c2ccccc2-n2c3ccccc3c3ccccc32)c1. The molecule has 0 aliphatic carbocycles. The van der Waals surface area contributed by atoms with Gasteiger partial charge in [-0.15, -0.1) is 0 Å². The fourth-order valence-corrected chi connectivity index (χ4v) is 9.90. The van der Waals surface area contributed by atoms with Gasteiger partial charge < -0.3 is 9.13 Å². The van der Waals surface area contributed by atoms with Crippen LogP contribution in [0.1, 0.15) is 11.1 Å². The molecule has 0 saturated carbocycles. The van der Waals surface area contributed by atoms with Gasteiger partial charge in [-0.3, -0.25) is 0 Å². The third kappa shape index (κ3) is 6.22. The van der Waals surface area contributed by atoms with Gasteiger partial charge in [-0.25, -0.2) is 9.97 Å². The molecule has 0 radical (unpaired) electrons. The quantitative estimate of drug-likeness (QED) is 0.161. The van der Waals surface area contributed by atoms with Crippen LogP contribution in [0.2, 0.25) is 0 Å². The normalized spacial score (nSPS) is 11.6. The Kier molecular flexibility index (Phi) is 8.91. The van der Waals surface area contributed by atoms with Gasteiger partial charge in [-0.05, 0) is 73.5 Å². The van der Waals surface area contributed by atoms with Crippen molar-refractivity contribution in [3.05, 3.63) is 230 Å². The summed E-state index contributed by atoms with van der Waals surface area (Å²) in [4.78, 5) is 10.7. The summed E-state index contributed by atoms with van der Waals surface area (Å²) >= 11 is 0. The second kappa shape index (κ2) is 15.2. The lowest BCUT2D eigenvalue weighted by molar-refractivity contribution is 1.15. The molecule has 302 valence electrons. The first-order chi connectivity index (χ1) is 31.6. The van der Waals surface area contributed by atoms with Crippen LogP contribution >= 0.6 is 0 Å². The second-order valence-corrected chi connectivity index (χ2v) is 16.7. The van der Waals surface area contributed by atoms with E-state index in [1.165, 1.54) is 43.8 Å². The molecule has 0 unspecified atom stereocenters. The predicted octanol–water partition coefficient (Wildman–Crippen LogP) is 15.6. The zero-order chi connectivity index (χ0) is 42.7. The minimum absolute atomic E-state index is 0.680. The number of rotatable bonds is 7. The third-order valence-electron chi connectivity index (χ3n) is 12.6. The van der Waals surface area contributed by atoms with Crippen molar-refractivity contribution in [3.63, 3.8) is 0 Å². The van der Waals surface area contributed by atoms with Crippen LogP contribution in [-0.2, 0) is 0 Å².